The normalized spacial score (nSPS) is 12.1. The zero-order chi connectivity index (χ0) is 29.7. The minimum Gasteiger partial charge on any atom is -0.460 e. The fourth-order valence-corrected chi connectivity index (χ4v) is 2.73. The third-order valence-corrected chi connectivity index (χ3v) is 5.60. The lowest BCUT2D eigenvalue weighted by Gasteiger charge is -2.39. The van der Waals surface area contributed by atoms with Crippen LogP contribution in [-0.4, -0.2) is 55.7 Å². The second kappa shape index (κ2) is 20.2. The Balaban J connectivity index is -0.00000214. The van der Waals surface area contributed by atoms with Crippen molar-refractivity contribution in [2.75, 3.05) is 26.3 Å². The van der Waals surface area contributed by atoms with E-state index in [2.05, 4.69) is 43.0 Å². The average molecular weight is 528 g/mol. The molecule has 1 atom stereocenters. The second-order valence-corrected chi connectivity index (χ2v) is 9.82. The number of urea groups is 1. The van der Waals surface area contributed by atoms with Crippen LogP contribution in [0.1, 0.15) is 88.5 Å². The van der Waals surface area contributed by atoms with Crippen molar-refractivity contribution >= 4 is 23.9 Å². The molecule has 0 heterocycles. The predicted molar refractivity (Wildman–Crippen MR) is 150 cm³/mol. The summed E-state index contributed by atoms with van der Waals surface area (Å²) in [5, 5.41) is 8.26. The second-order valence-electron chi connectivity index (χ2n) is 9.82. The molecule has 0 saturated heterocycles. The molecule has 0 radical (unpaired) electrons. The highest BCUT2D eigenvalue weighted by Gasteiger charge is 2.42. The molecule has 0 aliphatic carbocycles. The van der Waals surface area contributed by atoms with Gasteiger partial charge in [0.15, 0.2) is 0 Å². The lowest BCUT2D eigenvalue weighted by atomic mass is 9.65. The van der Waals surface area contributed by atoms with Crippen LogP contribution in [0.4, 0.5) is 4.79 Å². The maximum Gasteiger partial charge on any atom is 0.330 e. The highest BCUT2D eigenvalue weighted by atomic mass is 16.5. The van der Waals surface area contributed by atoms with E-state index < -0.39 is 28.9 Å². The smallest absolute Gasteiger partial charge is 0.330 e. The van der Waals surface area contributed by atoms with Crippen LogP contribution in [-0.2, 0) is 23.9 Å². The largest absolute Gasteiger partial charge is 0.460 e. The predicted octanol–water partition coefficient (Wildman–Crippen LogP) is 4.91. The summed E-state index contributed by atoms with van der Waals surface area (Å²) in [6, 6.07) is -0.531. The fourth-order valence-electron chi connectivity index (χ4n) is 2.73. The first-order chi connectivity index (χ1) is 17.2. The maximum absolute atomic E-state index is 12.6. The summed E-state index contributed by atoms with van der Waals surface area (Å²) in [5.41, 5.74) is -1.84. The van der Waals surface area contributed by atoms with E-state index >= 15 is 0 Å². The van der Waals surface area contributed by atoms with Crippen LogP contribution in [0, 0.1) is 10.8 Å². The Morgan fingerprint density at radius 2 is 1.19 bits per heavy atom. The van der Waals surface area contributed by atoms with Crippen molar-refractivity contribution in [3.05, 3.63) is 25.3 Å². The minimum absolute atomic E-state index is 0.0161. The molecular formula is C28H53N3O6. The molecule has 0 spiro atoms. The molecule has 0 rings (SSSR count). The van der Waals surface area contributed by atoms with Crippen LogP contribution in [0.2, 0.25) is 0 Å². The summed E-state index contributed by atoms with van der Waals surface area (Å²) in [6.07, 6.45) is 4.48. The van der Waals surface area contributed by atoms with Crippen LogP contribution in [0.5, 0.6) is 0 Å². The maximum atomic E-state index is 12.6. The Morgan fingerprint density at radius 3 is 1.54 bits per heavy atom. The fraction of sp³-hybridized carbons (Fsp3) is 0.714. The summed E-state index contributed by atoms with van der Waals surface area (Å²) < 4.78 is 10.00. The molecule has 0 bridgehead atoms. The lowest BCUT2D eigenvalue weighted by Crippen LogP contribution is -2.56. The SMILES string of the molecule is C=CC(=O)OCC(C)(COC(=O)C=C)NC(=O)NCCCNC(=O)C(C)(CC)C(C)(C)C.CC.CCC. The van der Waals surface area contributed by atoms with Gasteiger partial charge in [0, 0.05) is 25.2 Å². The molecule has 0 fully saturated rings. The molecule has 1 unspecified atom stereocenters. The van der Waals surface area contributed by atoms with Gasteiger partial charge < -0.3 is 25.4 Å². The molecule has 37 heavy (non-hydrogen) atoms. The van der Waals surface area contributed by atoms with Gasteiger partial charge in [0.05, 0.1) is 5.41 Å². The number of nitrogens with one attached hydrogen (secondary N) is 3. The molecule has 0 aromatic heterocycles. The molecule has 3 amide bonds. The molecule has 0 aliphatic rings. The zero-order valence-electron chi connectivity index (χ0n) is 25.0. The number of esters is 2. The molecule has 0 aromatic rings. The quantitative estimate of drug-likeness (QED) is 0.178. The first kappa shape index (κ1) is 38.7. The topological polar surface area (TPSA) is 123 Å². The van der Waals surface area contributed by atoms with E-state index in [1.165, 1.54) is 6.42 Å². The van der Waals surface area contributed by atoms with Crippen molar-refractivity contribution in [2.24, 2.45) is 10.8 Å². The zero-order valence-corrected chi connectivity index (χ0v) is 25.0. The standard InChI is InChI=1S/C23H39N3O6.C3H8.C2H6/c1-9-17(27)31-15-22(7,16-32-18(28)10-2)26-20(30)25-14-12-13-24-19(29)23(8,11-3)21(4,5)6;1-3-2;1-2/h9-10H,1-2,11-16H2,3-8H3,(H,24,29)(H2,25,26,30);3H2,1-2H3;1-2H3. The first-order valence-corrected chi connectivity index (χ1v) is 13.1. The van der Waals surface area contributed by atoms with E-state index in [0.717, 1.165) is 12.2 Å². The van der Waals surface area contributed by atoms with Gasteiger partial charge in [0.1, 0.15) is 18.8 Å². The summed E-state index contributed by atoms with van der Waals surface area (Å²) in [7, 11) is 0. The number of rotatable bonds is 13. The van der Waals surface area contributed by atoms with E-state index in [1.54, 1.807) is 6.92 Å². The number of ether oxygens (including phenoxy) is 2. The Bertz CT molecular complexity index is 691. The molecule has 0 aliphatic heterocycles. The van der Waals surface area contributed by atoms with Crippen LogP contribution >= 0.6 is 0 Å². The summed E-state index contributed by atoms with van der Waals surface area (Å²) in [6.45, 7) is 26.8. The Hall–Kier alpha value is -2.84. The Labute approximate surface area is 225 Å². The highest BCUT2D eigenvalue weighted by Crippen LogP contribution is 2.41. The molecular weight excluding hydrogens is 474 g/mol. The van der Waals surface area contributed by atoms with Crippen LogP contribution in [0.3, 0.4) is 0 Å². The first-order valence-electron chi connectivity index (χ1n) is 13.1. The number of amides is 3. The Kier molecular flexibility index (Phi) is 21.2. The van der Waals surface area contributed by atoms with Crippen molar-refractivity contribution in [3.8, 4) is 0 Å². The van der Waals surface area contributed by atoms with Crippen molar-refractivity contribution in [1.29, 1.82) is 0 Å². The molecule has 0 saturated carbocycles. The van der Waals surface area contributed by atoms with Crippen molar-refractivity contribution in [3.63, 3.8) is 0 Å². The van der Waals surface area contributed by atoms with Crippen molar-refractivity contribution < 1.29 is 28.7 Å². The van der Waals surface area contributed by atoms with Crippen LogP contribution in [0.15, 0.2) is 25.3 Å². The van der Waals surface area contributed by atoms with E-state index in [4.69, 9.17) is 9.47 Å². The molecule has 3 N–H and O–H groups in total. The number of carbonyl (C=O) groups excluding carboxylic acids is 4. The number of hydrogen-bond acceptors (Lipinski definition) is 6. The van der Waals surface area contributed by atoms with Gasteiger partial charge in [-0.05, 0) is 25.2 Å². The number of hydrogen-bond donors (Lipinski definition) is 3. The third-order valence-electron chi connectivity index (χ3n) is 5.60. The molecule has 9 nitrogen and oxygen atoms in total. The molecule has 0 aromatic carbocycles. The van der Waals surface area contributed by atoms with Crippen molar-refractivity contribution in [1.82, 2.24) is 16.0 Å². The van der Waals surface area contributed by atoms with Gasteiger partial charge in [-0.1, -0.05) is 81.9 Å². The van der Waals surface area contributed by atoms with Gasteiger partial charge in [-0.2, -0.15) is 0 Å². The summed E-state index contributed by atoms with van der Waals surface area (Å²) in [4.78, 5) is 47.6. The van der Waals surface area contributed by atoms with Gasteiger partial charge in [0.2, 0.25) is 5.91 Å². The average Bonchev–Trinajstić information content (AvgIpc) is 2.85. The monoisotopic (exact) mass is 527 g/mol. The van der Waals surface area contributed by atoms with Gasteiger partial charge in [-0.15, -0.1) is 0 Å². The Morgan fingerprint density at radius 1 is 0.784 bits per heavy atom. The third kappa shape index (κ3) is 16.5. The van der Waals surface area contributed by atoms with E-state index in [-0.39, 0.29) is 24.5 Å². The summed E-state index contributed by atoms with van der Waals surface area (Å²) >= 11 is 0. The van der Waals surface area contributed by atoms with Crippen LogP contribution in [0.25, 0.3) is 0 Å². The minimum atomic E-state index is -1.16. The van der Waals surface area contributed by atoms with E-state index in [1.807, 2.05) is 48.5 Å². The van der Waals surface area contributed by atoms with Crippen LogP contribution < -0.4 is 16.0 Å². The van der Waals surface area contributed by atoms with Gasteiger partial charge in [0.25, 0.3) is 0 Å². The molecule has 9 heteroatoms. The van der Waals surface area contributed by atoms with Gasteiger partial charge >= 0.3 is 18.0 Å². The van der Waals surface area contributed by atoms with Gasteiger partial charge in [-0.25, -0.2) is 14.4 Å². The highest BCUT2D eigenvalue weighted by molar-refractivity contribution is 5.83. The van der Waals surface area contributed by atoms with Gasteiger partial charge in [-0.3, -0.25) is 4.79 Å². The number of carbonyl (C=O) groups is 4. The molecule has 216 valence electrons. The van der Waals surface area contributed by atoms with Crippen molar-refractivity contribution in [2.45, 2.75) is 94.0 Å². The van der Waals surface area contributed by atoms with E-state index in [0.29, 0.717) is 25.9 Å². The lowest BCUT2D eigenvalue weighted by molar-refractivity contribution is -0.144. The summed E-state index contributed by atoms with van der Waals surface area (Å²) in [5.74, 6) is -1.35. The van der Waals surface area contributed by atoms with E-state index in [9.17, 15) is 19.2 Å².